The standard InChI is InChI=1S/C12H13ClN4O2/c13-10-9(2-1-3-14-10)11(18)16-4-5-17-8(7-16)6-15-12(17)19/h1-3,8H,4-7H2,(H,15,19). The van der Waals surface area contributed by atoms with E-state index in [1.165, 1.54) is 0 Å². The lowest BCUT2D eigenvalue weighted by atomic mass is 10.1. The molecule has 1 aromatic rings. The number of nitrogens with one attached hydrogen (secondary N) is 1. The predicted octanol–water partition coefficient (Wildman–Crippen LogP) is 0.585. The minimum absolute atomic E-state index is 0.0449. The zero-order valence-corrected chi connectivity index (χ0v) is 10.9. The molecule has 0 bridgehead atoms. The summed E-state index contributed by atoms with van der Waals surface area (Å²) >= 11 is 5.94. The summed E-state index contributed by atoms with van der Waals surface area (Å²) in [5.41, 5.74) is 0.412. The third-order valence-corrected chi connectivity index (χ3v) is 3.81. The molecule has 1 unspecified atom stereocenters. The molecule has 2 saturated heterocycles. The maximum absolute atomic E-state index is 12.4. The number of urea groups is 1. The molecule has 2 aliphatic rings. The molecule has 1 atom stereocenters. The van der Waals surface area contributed by atoms with Gasteiger partial charge in [-0.3, -0.25) is 4.79 Å². The van der Waals surface area contributed by atoms with Crippen LogP contribution in [0.4, 0.5) is 4.79 Å². The molecule has 0 aliphatic carbocycles. The van der Waals surface area contributed by atoms with E-state index in [-0.39, 0.29) is 23.1 Å². The first-order valence-electron chi connectivity index (χ1n) is 6.11. The number of carbonyl (C=O) groups is 2. The van der Waals surface area contributed by atoms with E-state index in [2.05, 4.69) is 10.3 Å². The van der Waals surface area contributed by atoms with E-state index < -0.39 is 0 Å². The topological polar surface area (TPSA) is 65.5 Å². The monoisotopic (exact) mass is 280 g/mol. The zero-order valence-electron chi connectivity index (χ0n) is 10.2. The van der Waals surface area contributed by atoms with Gasteiger partial charge < -0.3 is 15.1 Å². The number of carbonyl (C=O) groups excluding carboxylic acids is 2. The third kappa shape index (κ3) is 2.12. The van der Waals surface area contributed by atoms with Crippen LogP contribution in [-0.4, -0.2) is 58.9 Å². The minimum atomic E-state index is -0.128. The van der Waals surface area contributed by atoms with E-state index in [1.54, 1.807) is 28.1 Å². The van der Waals surface area contributed by atoms with Crippen molar-refractivity contribution in [3.05, 3.63) is 29.0 Å². The highest BCUT2D eigenvalue weighted by molar-refractivity contribution is 6.32. The molecule has 1 aromatic heterocycles. The number of pyridine rings is 1. The van der Waals surface area contributed by atoms with Crippen molar-refractivity contribution in [2.24, 2.45) is 0 Å². The van der Waals surface area contributed by atoms with E-state index in [9.17, 15) is 9.59 Å². The highest BCUT2D eigenvalue weighted by atomic mass is 35.5. The average molecular weight is 281 g/mol. The minimum Gasteiger partial charge on any atom is -0.336 e. The van der Waals surface area contributed by atoms with Crippen molar-refractivity contribution in [1.29, 1.82) is 0 Å². The van der Waals surface area contributed by atoms with Crippen LogP contribution in [0.2, 0.25) is 5.15 Å². The second-order valence-electron chi connectivity index (χ2n) is 4.63. The van der Waals surface area contributed by atoms with Gasteiger partial charge in [0.1, 0.15) is 5.15 Å². The number of piperazine rings is 1. The smallest absolute Gasteiger partial charge is 0.317 e. The summed E-state index contributed by atoms with van der Waals surface area (Å²) in [7, 11) is 0. The molecular weight excluding hydrogens is 268 g/mol. The summed E-state index contributed by atoms with van der Waals surface area (Å²) in [6.45, 7) is 2.19. The SMILES string of the molecule is O=C(c1cccnc1Cl)N1CCN2C(=O)NCC2C1. The Morgan fingerprint density at radius 1 is 1.47 bits per heavy atom. The van der Waals surface area contributed by atoms with Crippen molar-refractivity contribution < 1.29 is 9.59 Å². The molecule has 1 N–H and O–H groups in total. The molecular formula is C12H13ClN4O2. The number of hydrogen-bond acceptors (Lipinski definition) is 3. The fourth-order valence-electron chi connectivity index (χ4n) is 2.50. The number of fused-ring (bicyclic) bond motifs is 1. The molecule has 3 amide bonds. The first-order valence-corrected chi connectivity index (χ1v) is 6.49. The number of amides is 3. The van der Waals surface area contributed by atoms with Crippen LogP contribution in [0.5, 0.6) is 0 Å². The van der Waals surface area contributed by atoms with Crippen LogP contribution in [0.1, 0.15) is 10.4 Å². The quantitative estimate of drug-likeness (QED) is 0.766. The highest BCUT2D eigenvalue weighted by Crippen LogP contribution is 2.19. The van der Waals surface area contributed by atoms with E-state index in [0.717, 1.165) is 0 Å². The van der Waals surface area contributed by atoms with Crippen LogP contribution in [0.3, 0.4) is 0 Å². The third-order valence-electron chi connectivity index (χ3n) is 3.51. The van der Waals surface area contributed by atoms with Gasteiger partial charge in [0.15, 0.2) is 0 Å². The molecule has 0 aromatic carbocycles. The van der Waals surface area contributed by atoms with Crippen molar-refractivity contribution in [2.75, 3.05) is 26.2 Å². The van der Waals surface area contributed by atoms with Gasteiger partial charge in [-0.25, -0.2) is 9.78 Å². The molecule has 3 rings (SSSR count). The fourth-order valence-corrected chi connectivity index (χ4v) is 2.70. The molecule has 100 valence electrons. The van der Waals surface area contributed by atoms with Crippen LogP contribution in [0, 0.1) is 0 Å². The summed E-state index contributed by atoms with van der Waals surface area (Å²) in [6, 6.07) is 3.37. The van der Waals surface area contributed by atoms with Crippen molar-refractivity contribution in [2.45, 2.75) is 6.04 Å². The molecule has 2 fully saturated rings. The lowest BCUT2D eigenvalue weighted by molar-refractivity contribution is 0.0616. The summed E-state index contributed by atoms with van der Waals surface area (Å²) < 4.78 is 0. The fraction of sp³-hybridized carbons (Fsp3) is 0.417. The lowest BCUT2D eigenvalue weighted by Gasteiger charge is -2.36. The van der Waals surface area contributed by atoms with Gasteiger partial charge in [0.05, 0.1) is 11.6 Å². The Hall–Kier alpha value is -1.82. The molecule has 6 nitrogen and oxygen atoms in total. The normalized spacial score (nSPS) is 22.2. The average Bonchev–Trinajstić information content (AvgIpc) is 2.80. The van der Waals surface area contributed by atoms with Crippen molar-refractivity contribution >= 4 is 23.5 Å². The summed E-state index contributed by atoms with van der Waals surface area (Å²) in [6.07, 6.45) is 1.55. The van der Waals surface area contributed by atoms with Crippen LogP contribution in [0.25, 0.3) is 0 Å². The van der Waals surface area contributed by atoms with Crippen LogP contribution in [0.15, 0.2) is 18.3 Å². The summed E-state index contributed by atoms with van der Waals surface area (Å²) in [4.78, 5) is 31.3. The Balaban J connectivity index is 1.76. The van der Waals surface area contributed by atoms with E-state index in [4.69, 9.17) is 11.6 Å². The Labute approximate surface area is 115 Å². The number of hydrogen-bond donors (Lipinski definition) is 1. The van der Waals surface area contributed by atoms with Gasteiger partial charge in [0, 0.05) is 32.4 Å². The first-order chi connectivity index (χ1) is 9.16. The Bertz CT molecular complexity index is 536. The van der Waals surface area contributed by atoms with E-state index in [1.807, 2.05) is 0 Å². The summed E-state index contributed by atoms with van der Waals surface area (Å²) in [5, 5.41) is 3.00. The van der Waals surface area contributed by atoms with Crippen LogP contribution in [-0.2, 0) is 0 Å². The van der Waals surface area contributed by atoms with Gasteiger partial charge in [-0.2, -0.15) is 0 Å². The van der Waals surface area contributed by atoms with Crippen molar-refractivity contribution in [1.82, 2.24) is 20.1 Å². The molecule has 0 saturated carbocycles. The Kier molecular flexibility index (Phi) is 3.02. The Morgan fingerprint density at radius 3 is 3.11 bits per heavy atom. The molecule has 3 heterocycles. The van der Waals surface area contributed by atoms with Gasteiger partial charge in [0.25, 0.3) is 5.91 Å². The van der Waals surface area contributed by atoms with E-state index >= 15 is 0 Å². The second kappa shape index (κ2) is 4.70. The first kappa shape index (κ1) is 12.2. The number of aromatic nitrogens is 1. The highest BCUT2D eigenvalue weighted by Gasteiger charge is 2.37. The van der Waals surface area contributed by atoms with Crippen molar-refractivity contribution in [3.63, 3.8) is 0 Å². The number of rotatable bonds is 1. The molecule has 0 spiro atoms. The van der Waals surface area contributed by atoms with Crippen molar-refractivity contribution in [3.8, 4) is 0 Å². The molecule has 2 aliphatic heterocycles. The lowest BCUT2D eigenvalue weighted by Crippen LogP contribution is -2.53. The summed E-state index contributed by atoms with van der Waals surface area (Å²) in [5.74, 6) is -0.128. The molecule has 0 radical (unpaired) electrons. The van der Waals surface area contributed by atoms with Crippen LogP contribution < -0.4 is 5.32 Å². The molecule has 19 heavy (non-hydrogen) atoms. The van der Waals surface area contributed by atoms with Gasteiger partial charge >= 0.3 is 6.03 Å². The second-order valence-corrected chi connectivity index (χ2v) is 4.98. The maximum Gasteiger partial charge on any atom is 0.317 e. The zero-order chi connectivity index (χ0) is 13.4. The molecule has 7 heteroatoms. The number of nitrogens with zero attached hydrogens (tertiary/aromatic N) is 3. The van der Waals surface area contributed by atoms with Crippen LogP contribution >= 0.6 is 11.6 Å². The Morgan fingerprint density at radius 2 is 2.32 bits per heavy atom. The van der Waals surface area contributed by atoms with Gasteiger partial charge in [-0.15, -0.1) is 0 Å². The predicted molar refractivity (Wildman–Crippen MR) is 69.0 cm³/mol. The van der Waals surface area contributed by atoms with Gasteiger partial charge in [-0.1, -0.05) is 11.6 Å². The number of halogens is 1. The van der Waals surface area contributed by atoms with Gasteiger partial charge in [0.2, 0.25) is 0 Å². The van der Waals surface area contributed by atoms with Gasteiger partial charge in [-0.05, 0) is 12.1 Å². The maximum atomic E-state index is 12.4. The van der Waals surface area contributed by atoms with E-state index in [0.29, 0.717) is 31.7 Å². The largest absolute Gasteiger partial charge is 0.336 e.